The standard InChI is InChI=1S/C16H14F3NO/c17-16(18,19)21-15-6-2-1-5-13(15)12-8-7-11-4-3-9-20-14(11)10-12/h1-2,5-8,10,20H,3-4,9H2. The van der Waals surface area contributed by atoms with E-state index >= 15 is 0 Å². The number of para-hydroxylation sites is 1. The van der Waals surface area contributed by atoms with Gasteiger partial charge in [0.25, 0.3) is 0 Å². The van der Waals surface area contributed by atoms with E-state index in [1.54, 1.807) is 12.1 Å². The highest BCUT2D eigenvalue weighted by molar-refractivity contribution is 5.75. The quantitative estimate of drug-likeness (QED) is 0.873. The zero-order chi connectivity index (χ0) is 14.9. The van der Waals surface area contributed by atoms with Crippen molar-refractivity contribution in [3.05, 3.63) is 48.0 Å². The highest BCUT2D eigenvalue weighted by Crippen LogP contribution is 2.36. The van der Waals surface area contributed by atoms with Crippen molar-refractivity contribution in [2.75, 3.05) is 11.9 Å². The number of fused-ring (bicyclic) bond motifs is 1. The number of alkyl halides is 3. The van der Waals surface area contributed by atoms with Gasteiger partial charge in [0.15, 0.2) is 0 Å². The number of halogens is 3. The maximum atomic E-state index is 12.5. The third kappa shape index (κ3) is 3.12. The summed E-state index contributed by atoms with van der Waals surface area (Å²) in [5, 5.41) is 3.28. The van der Waals surface area contributed by atoms with E-state index in [0.717, 1.165) is 25.1 Å². The normalized spacial score (nSPS) is 14.2. The largest absolute Gasteiger partial charge is 0.573 e. The minimum Gasteiger partial charge on any atom is -0.405 e. The molecule has 0 bridgehead atoms. The molecule has 1 N–H and O–H groups in total. The third-order valence-electron chi connectivity index (χ3n) is 3.47. The van der Waals surface area contributed by atoms with E-state index in [1.165, 1.54) is 17.7 Å². The second-order valence-electron chi connectivity index (χ2n) is 4.95. The zero-order valence-corrected chi connectivity index (χ0v) is 11.2. The predicted octanol–water partition coefficient (Wildman–Crippen LogP) is 4.61. The average molecular weight is 293 g/mol. The molecule has 0 amide bonds. The lowest BCUT2D eigenvalue weighted by Gasteiger charge is -2.19. The molecule has 2 aromatic rings. The van der Waals surface area contributed by atoms with Crippen LogP contribution in [0.15, 0.2) is 42.5 Å². The second-order valence-corrected chi connectivity index (χ2v) is 4.95. The van der Waals surface area contributed by atoms with Gasteiger partial charge < -0.3 is 10.1 Å². The molecule has 0 saturated carbocycles. The number of hydrogen-bond donors (Lipinski definition) is 1. The maximum absolute atomic E-state index is 12.5. The van der Waals surface area contributed by atoms with Gasteiger partial charge in [-0.2, -0.15) is 0 Å². The molecule has 0 aromatic heterocycles. The lowest BCUT2D eigenvalue weighted by atomic mass is 9.97. The van der Waals surface area contributed by atoms with Gasteiger partial charge in [0.1, 0.15) is 5.75 Å². The molecule has 0 saturated heterocycles. The van der Waals surface area contributed by atoms with Crippen molar-refractivity contribution in [2.45, 2.75) is 19.2 Å². The highest BCUT2D eigenvalue weighted by atomic mass is 19.4. The van der Waals surface area contributed by atoms with E-state index in [9.17, 15) is 13.2 Å². The van der Waals surface area contributed by atoms with Crippen molar-refractivity contribution in [1.82, 2.24) is 0 Å². The van der Waals surface area contributed by atoms with Crippen molar-refractivity contribution in [3.8, 4) is 16.9 Å². The first-order valence-corrected chi connectivity index (χ1v) is 6.75. The molecule has 0 radical (unpaired) electrons. The van der Waals surface area contributed by atoms with Gasteiger partial charge in [0, 0.05) is 17.8 Å². The fourth-order valence-corrected chi connectivity index (χ4v) is 2.55. The molecule has 110 valence electrons. The van der Waals surface area contributed by atoms with Crippen molar-refractivity contribution in [2.24, 2.45) is 0 Å². The van der Waals surface area contributed by atoms with Gasteiger partial charge in [0.2, 0.25) is 0 Å². The van der Waals surface area contributed by atoms with Gasteiger partial charge in [-0.3, -0.25) is 0 Å². The molecule has 3 rings (SSSR count). The molecule has 0 aliphatic carbocycles. The Morgan fingerprint density at radius 2 is 1.86 bits per heavy atom. The first kappa shape index (κ1) is 13.8. The van der Waals surface area contributed by atoms with Crippen LogP contribution in [0.3, 0.4) is 0 Å². The molecule has 0 unspecified atom stereocenters. The Morgan fingerprint density at radius 1 is 1.05 bits per heavy atom. The molecule has 2 aromatic carbocycles. The SMILES string of the molecule is FC(F)(F)Oc1ccccc1-c1ccc2c(c1)NCCC2. The van der Waals surface area contributed by atoms with Crippen LogP contribution in [0.5, 0.6) is 5.75 Å². The summed E-state index contributed by atoms with van der Waals surface area (Å²) in [6.07, 6.45) is -2.63. The van der Waals surface area contributed by atoms with Gasteiger partial charge in [-0.05, 0) is 36.1 Å². The molecule has 2 nitrogen and oxygen atoms in total. The molecular formula is C16H14F3NO. The van der Waals surface area contributed by atoms with Crippen LogP contribution in [0.25, 0.3) is 11.1 Å². The summed E-state index contributed by atoms with van der Waals surface area (Å²) in [5.41, 5.74) is 3.33. The van der Waals surface area contributed by atoms with Crippen LogP contribution in [0.4, 0.5) is 18.9 Å². The monoisotopic (exact) mass is 293 g/mol. The van der Waals surface area contributed by atoms with Crippen LogP contribution in [0.1, 0.15) is 12.0 Å². The summed E-state index contributed by atoms with van der Waals surface area (Å²) in [5.74, 6) is -0.180. The van der Waals surface area contributed by atoms with Crippen LogP contribution in [-0.4, -0.2) is 12.9 Å². The summed E-state index contributed by atoms with van der Waals surface area (Å²) >= 11 is 0. The Balaban J connectivity index is 2.00. The van der Waals surface area contributed by atoms with E-state index in [4.69, 9.17) is 0 Å². The first-order chi connectivity index (χ1) is 10.0. The molecule has 21 heavy (non-hydrogen) atoms. The Kier molecular flexibility index (Phi) is 3.49. The molecule has 1 aliphatic heterocycles. The van der Waals surface area contributed by atoms with Crippen LogP contribution in [-0.2, 0) is 6.42 Å². The van der Waals surface area contributed by atoms with E-state index in [0.29, 0.717) is 11.1 Å². The molecule has 5 heteroatoms. The fourth-order valence-electron chi connectivity index (χ4n) is 2.55. The van der Waals surface area contributed by atoms with Crippen LogP contribution < -0.4 is 10.1 Å². The minimum absolute atomic E-state index is 0.180. The zero-order valence-electron chi connectivity index (χ0n) is 11.2. The lowest BCUT2D eigenvalue weighted by molar-refractivity contribution is -0.274. The molecule has 0 spiro atoms. The summed E-state index contributed by atoms with van der Waals surface area (Å²) < 4.78 is 41.5. The van der Waals surface area contributed by atoms with Gasteiger partial charge >= 0.3 is 6.36 Å². The number of ether oxygens (including phenoxy) is 1. The minimum atomic E-state index is -4.69. The summed E-state index contributed by atoms with van der Waals surface area (Å²) in [4.78, 5) is 0. The Bertz CT molecular complexity index is 652. The van der Waals surface area contributed by atoms with Crippen LogP contribution in [0, 0.1) is 0 Å². The van der Waals surface area contributed by atoms with E-state index in [1.807, 2.05) is 18.2 Å². The van der Waals surface area contributed by atoms with E-state index in [-0.39, 0.29) is 5.75 Å². The third-order valence-corrected chi connectivity index (χ3v) is 3.47. The second kappa shape index (κ2) is 5.31. The smallest absolute Gasteiger partial charge is 0.405 e. The number of rotatable bonds is 2. The summed E-state index contributed by atoms with van der Waals surface area (Å²) in [6, 6.07) is 11.9. The molecule has 0 atom stereocenters. The highest BCUT2D eigenvalue weighted by Gasteiger charge is 2.32. The lowest BCUT2D eigenvalue weighted by Crippen LogP contribution is -2.17. The molecule has 1 aliphatic rings. The Labute approximate surface area is 120 Å². The van der Waals surface area contributed by atoms with Gasteiger partial charge in [-0.1, -0.05) is 30.3 Å². The van der Waals surface area contributed by atoms with Crippen molar-refractivity contribution < 1.29 is 17.9 Å². The van der Waals surface area contributed by atoms with E-state index in [2.05, 4.69) is 10.1 Å². The number of anilines is 1. The fraction of sp³-hybridized carbons (Fsp3) is 0.250. The first-order valence-electron chi connectivity index (χ1n) is 6.75. The number of nitrogens with one attached hydrogen (secondary N) is 1. The van der Waals surface area contributed by atoms with Crippen LogP contribution in [0.2, 0.25) is 0 Å². The van der Waals surface area contributed by atoms with E-state index < -0.39 is 6.36 Å². The summed E-state index contributed by atoms with van der Waals surface area (Å²) in [6.45, 7) is 0.886. The summed E-state index contributed by atoms with van der Waals surface area (Å²) in [7, 11) is 0. The topological polar surface area (TPSA) is 21.3 Å². The average Bonchev–Trinajstić information content (AvgIpc) is 2.46. The Morgan fingerprint density at radius 3 is 2.67 bits per heavy atom. The number of benzene rings is 2. The van der Waals surface area contributed by atoms with Crippen LogP contribution >= 0.6 is 0 Å². The van der Waals surface area contributed by atoms with Gasteiger partial charge in [0.05, 0.1) is 0 Å². The maximum Gasteiger partial charge on any atom is 0.573 e. The Hall–Kier alpha value is -2.17. The molecule has 0 fully saturated rings. The molecular weight excluding hydrogens is 279 g/mol. The number of aryl methyl sites for hydroxylation is 1. The predicted molar refractivity (Wildman–Crippen MR) is 75.4 cm³/mol. The molecule has 1 heterocycles. The van der Waals surface area contributed by atoms with Crippen molar-refractivity contribution in [1.29, 1.82) is 0 Å². The number of hydrogen-bond acceptors (Lipinski definition) is 2. The van der Waals surface area contributed by atoms with Crippen molar-refractivity contribution >= 4 is 5.69 Å². The van der Waals surface area contributed by atoms with Crippen molar-refractivity contribution in [3.63, 3.8) is 0 Å². The van der Waals surface area contributed by atoms with Gasteiger partial charge in [-0.15, -0.1) is 13.2 Å². The van der Waals surface area contributed by atoms with Gasteiger partial charge in [-0.25, -0.2) is 0 Å².